The molecule has 6 nitrogen and oxygen atoms in total. The van der Waals surface area contributed by atoms with E-state index in [4.69, 9.17) is 0 Å². The molecule has 0 spiro atoms. The summed E-state index contributed by atoms with van der Waals surface area (Å²) in [5, 5.41) is 7.55. The molecule has 2 heterocycles. The Morgan fingerprint density at radius 1 is 1.21 bits per heavy atom. The van der Waals surface area contributed by atoms with Crippen molar-refractivity contribution in [3.8, 4) is 0 Å². The quantitative estimate of drug-likeness (QED) is 0.711. The molecule has 1 unspecified atom stereocenters. The van der Waals surface area contributed by atoms with Crippen LogP contribution in [0.2, 0.25) is 0 Å². The van der Waals surface area contributed by atoms with Gasteiger partial charge >= 0.3 is 0 Å². The number of aryl methyl sites for hydroxylation is 2. The molecule has 2 aromatic heterocycles. The molecule has 1 amide bonds. The van der Waals surface area contributed by atoms with Crippen LogP contribution in [0.5, 0.6) is 0 Å². The highest BCUT2D eigenvalue weighted by molar-refractivity contribution is 5.76. The van der Waals surface area contributed by atoms with Crippen molar-refractivity contribution in [2.75, 3.05) is 0 Å². The Labute approximate surface area is 165 Å². The number of fused-ring (bicyclic) bond motifs is 1. The van der Waals surface area contributed by atoms with E-state index in [0.717, 1.165) is 17.0 Å². The zero-order valence-electron chi connectivity index (χ0n) is 16.6. The molecule has 28 heavy (non-hydrogen) atoms. The number of carbonyl (C=O) groups is 1. The van der Waals surface area contributed by atoms with Crippen molar-refractivity contribution < 1.29 is 4.79 Å². The summed E-state index contributed by atoms with van der Waals surface area (Å²) in [4.78, 5) is 21.5. The summed E-state index contributed by atoms with van der Waals surface area (Å²) in [5.41, 5.74) is 4.20. The van der Waals surface area contributed by atoms with Gasteiger partial charge in [0.25, 0.3) is 5.78 Å². The average molecular weight is 377 g/mol. The second kappa shape index (κ2) is 8.09. The molecule has 0 saturated heterocycles. The molecule has 4 rings (SSSR count). The lowest BCUT2D eigenvalue weighted by molar-refractivity contribution is -0.122. The van der Waals surface area contributed by atoms with Crippen molar-refractivity contribution in [3.05, 3.63) is 59.2 Å². The highest BCUT2D eigenvalue weighted by Gasteiger charge is 2.27. The van der Waals surface area contributed by atoms with Crippen molar-refractivity contribution in [2.45, 2.75) is 58.4 Å². The lowest BCUT2D eigenvalue weighted by Crippen LogP contribution is -2.33. The molecular formula is C22H27N5O. The largest absolute Gasteiger partial charge is 0.349 e. The van der Waals surface area contributed by atoms with Gasteiger partial charge in [-0.1, -0.05) is 43.2 Å². The maximum atomic E-state index is 12.8. The molecular weight excluding hydrogens is 350 g/mol. The highest BCUT2D eigenvalue weighted by atomic mass is 16.1. The fourth-order valence-electron chi connectivity index (χ4n) is 4.43. The SMILES string of the molecule is Cc1nc2ncnn2c(C)c1CCC(=O)NC(c1ccccc1)C1CCCC1. The summed E-state index contributed by atoms with van der Waals surface area (Å²) in [5.74, 6) is 1.23. The van der Waals surface area contributed by atoms with Crippen molar-refractivity contribution in [3.63, 3.8) is 0 Å². The number of nitrogens with zero attached hydrogens (tertiary/aromatic N) is 4. The van der Waals surface area contributed by atoms with Gasteiger partial charge in [0.2, 0.25) is 5.91 Å². The van der Waals surface area contributed by atoms with E-state index >= 15 is 0 Å². The van der Waals surface area contributed by atoms with Crippen molar-refractivity contribution in [1.29, 1.82) is 0 Å². The van der Waals surface area contributed by atoms with E-state index in [2.05, 4.69) is 44.6 Å². The topological polar surface area (TPSA) is 72.2 Å². The Morgan fingerprint density at radius 3 is 2.71 bits per heavy atom. The predicted octanol–water partition coefficient (Wildman–Crippen LogP) is 3.72. The minimum absolute atomic E-state index is 0.0956. The number of hydrogen-bond donors (Lipinski definition) is 1. The Morgan fingerprint density at radius 2 is 1.96 bits per heavy atom. The fraction of sp³-hybridized carbons (Fsp3) is 0.455. The van der Waals surface area contributed by atoms with Crippen molar-refractivity contribution in [2.24, 2.45) is 5.92 Å². The van der Waals surface area contributed by atoms with E-state index in [1.165, 1.54) is 37.6 Å². The van der Waals surface area contributed by atoms with Crippen LogP contribution < -0.4 is 5.32 Å². The van der Waals surface area contributed by atoms with Gasteiger partial charge in [0.1, 0.15) is 6.33 Å². The van der Waals surface area contributed by atoms with Gasteiger partial charge in [-0.2, -0.15) is 10.1 Å². The fourth-order valence-corrected chi connectivity index (χ4v) is 4.43. The first kappa shape index (κ1) is 18.6. The maximum Gasteiger partial charge on any atom is 0.252 e. The zero-order chi connectivity index (χ0) is 19.5. The van der Waals surface area contributed by atoms with Crippen LogP contribution >= 0.6 is 0 Å². The predicted molar refractivity (Wildman–Crippen MR) is 108 cm³/mol. The first-order chi connectivity index (χ1) is 13.6. The van der Waals surface area contributed by atoms with Gasteiger partial charge in [-0.3, -0.25) is 4.79 Å². The second-order valence-electron chi connectivity index (χ2n) is 7.73. The standard InChI is InChI=1S/C22H27N5O/c1-15-19(16(2)27-22(25-15)23-14-24-27)12-13-20(28)26-21(18-10-6-7-11-18)17-8-4-3-5-9-17/h3-5,8-9,14,18,21H,6-7,10-13H2,1-2H3,(H,26,28). The Balaban J connectivity index is 1.47. The monoisotopic (exact) mass is 377 g/mol. The third-order valence-corrected chi connectivity index (χ3v) is 5.94. The second-order valence-corrected chi connectivity index (χ2v) is 7.73. The van der Waals surface area contributed by atoms with E-state index in [1.54, 1.807) is 4.52 Å². The molecule has 1 N–H and O–H groups in total. The molecule has 0 aliphatic heterocycles. The van der Waals surface area contributed by atoms with E-state index in [1.807, 2.05) is 19.9 Å². The van der Waals surface area contributed by atoms with Gasteiger partial charge < -0.3 is 5.32 Å². The first-order valence-electron chi connectivity index (χ1n) is 10.1. The van der Waals surface area contributed by atoms with Crippen LogP contribution in [0.15, 0.2) is 36.7 Å². The van der Waals surface area contributed by atoms with Crippen LogP contribution in [-0.4, -0.2) is 25.5 Å². The number of nitrogens with one attached hydrogen (secondary N) is 1. The van der Waals surface area contributed by atoms with Gasteiger partial charge in [0.15, 0.2) is 0 Å². The summed E-state index contributed by atoms with van der Waals surface area (Å²) in [7, 11) is 0. The smallest absolute Gasteiger partial charge is 0.252 e. The summed E-state index contributed by atoms with van der Waals surface area (Å²) < 4.78 is 1.74. The minimum Gasteiger partial charge on any atom is -0.349 e. The summed E-state index contributed by atoms with van der Waals surface area (Å²) in [6.45, 7) is 3.98. The van der Waals surface area contributed by atoms with Gasteiger partial charge in [-0.05, 0) is 50.2 Å². The molecule has 1 aliphatic rings. The van der Waals surface area contributed by atoms with E-state index in [0.29, 0.717) is 24.5 Å². The van der Waals surface area contributed by atoms with Gasteiger partial charge in [-0.15, -0.1) is 0 Å². The van der Waals surface area contributed by atoms with E-state index < -0.39 is 0 Å². The molecule has 0 radical (unpaired) electrons. The van der Waals surface area contributed by atoms with Crippen LogP contribution in [0.4, 0.5) is 0 Å². The molecule has 1 fully saturated rings. The Kier molecular flexibility index (Phi) is 5.37. The molecule has 0 bridgehead atoms. The number of hydrogen-bond acceptors (Lipinski definition) is 4. The number of benzene rings is 1. The van der Waals surface area contributed by atoms with Crippen LogP contribution in [0.1, 0.15) is 60.7 Å². The lowest BCUT2D eigenvalue weighted by Gasteiger charge is -2.25. The van der Waals surface area contributed by atoms with Crippen LogP contribution in [0.25, 0.3) is 5.78 Å². The molecule has 1 saturated carbocycles. The number of amides is 1. The third kappa shape index (κ3) is 3.77. The molecule has 146 valence electrons. The average Bonchev–Trinajstić information content (AvgIpc) is 3.38. The number of carbonyl (C=O) groups excluding carboxylic acids is 1. The third-order valence-electron chi connectivity index (χ3n) is 5.94. The molecule has 3 aromatic rings. The first-order valence-corrected chi connectivity index (χ1v) is 10.1. The van der Waals surface area contributed by atoms with Gasteiger partial charge in [0, 0.05) is 17.8 Å². The summed E-state index contributed by atoms with van der Waals surface area (Å²) >= 11 is 0. The Hall–Kier alpha value is -2.76. The van der Waals surface area contributed by atoms with Crippen LogP contribution in [0.3, 0.4) is 0 Å². The lowest BCUT2D eigenvalue weighted by atomic mass is 9.91. The van der Waals surface area contributed by atoms with Crippen molar-refractivity contribution >= 4 is 11.7 Å². The van der Waals surface area contributed by atoms with E-state index in [-0.39, 0.29) is 11.9 Å². The summed E-state index contributed by atoms with van der Waals surface area (Å²) in [6, 6.07) is 10.5. The summed E-state index contributed by atoms with van der Waals surface area (Å²) in [6.07, 6.45) is 7.49. The van der Waals surface area contributed by atoms with Crippen LogP contribution in [-0.2, 0) is 11.2 Å². The normalized spacial score (nSPS) is 15.8. The number of aromatic nitrogens is 4. The van der Waals surface area contributed by atoms with E-state index in [9.17, 15) is 4.79 Å². The minimum atomic E-state index is 0.0956. The maximum absolute atomic E-state index is 12.8. The molecule has 6 heteroatoms. The highest BCUT2D eigenvalue weighted by Crippen LogP contribution is 2.35. The molecule has 1 aliphatic carbocycles. The van der Waals surface area contributed by atoms with Gasteiger partial charge in [-0.25, -0.2) is 9.50 Å². The number of rotatable bonds is 6. The Bertz CT molecular complexity index is 960. The van der Waals surface area contributed by atoms with Gasteiger partial charge in [0.05, 0.1) is 6.04 Å². The van der Waals surface area contributed by atoms with Crippen LogP contribution in [0, 0.1) is 19.8 Å². The molecule has 1 atom stereocenters. The van der Waals surface area contributed by atoms with Crippen molar-refractivity contribution in [1.82, 2.24) is 24.9 Å². The zero-order valence-corrected chi connectivity index (χ0v) is 16.6. The molecule has 1 aromatic carbocycles.